The van der Waals surface area contributed by atoms with Gasteiger partial charge in [-0.3, -0.25) is 0 Å². The van der Waals surface area contributed by atoms with Crippen LogP contribution in [0.1, 0.15) is 5.56 Å². The molecule has 0 unspecified atom stereocenters. The fourth-order valence-electron chi connectivity index (χ4n) is 0.726. The smallest absolute Gasteiger partial charge is 0.0555 e. The van der Waals surface area contributed by atoms with E-state index in [9.17, 15) is 0 Å². The summed E-state index contributed by atoms with van der Waals surface area (Å²) in [6.07, 6.45) is 0. The lowest BCUT2D eigenvalue weighted by molar-refractivity contribution is 1.30. The molecule has 0 aromatic heterocycles. The van der Waals surface area contributed by atoms with Crippen molar-refractivity contribution in [2.24, 2.45) is 5.73 Å². The molecule has 1 aromatic rings. The van der Waals surface area contributed by atoms with Gasteiger partial charge in [0.05, 0.1) is 6.54 Å². The average Bonchev–Trinajstić information content (AvgIpc) is 2.03. The topological polar surface area (TPSA) is 26.0 Å². The van der Waals surface area contributed by atoms with Crippen LogP contribution in [0.15, 0.2) is 29.2 Å². The van der Waals surface area contributed by atoms with Gasteiger partial charge in [-0.15, -0.1) is 12.6 Å². The van der Waals surface area contributed by atoms with Crippen molar-refractivity contribution >= 4 is 12.6 Å². The van der Waals surface area contributed by atoms with Crippen molar-refractivity contribution in [1.82, 2.24) is 0 Å². The zero-order valence-electron chi connectivity index (χ0n) is 6.04. The molecular weight excluding hydrogens is 154 g/mol. The Morgan fingerprint density at radius 3 is 2.73 bits per heavy atom. The van der Waals surface area contributed by atoms with Crippen molar-refractivity contribution in [2.75, 3.05) is 6.54 Å². The molecule has 11 heavy (non-hydrogen) atoms. The Hall–Kier alpha value is -0.910. The van der Waals surface area contributed by atoms with E-state index in [1.54, 1.807) is 0 Å². The fraction of sp³-hybridized carbons (Fsp3) is 0.111. The molecule has 0 atom stereocenters. The van der Waals surface area contributed by atoms with Crippen LogP contribution in [0, 0.1) is 11.8 Å². The van der Waals surface area contributed by atoms with Crippen molar-refractivity contribution in [3.05, 3.63) is 29.8 Å². The molecule has 0 amide bonds. The van der Waals surface area contributed by atoms with Crippen LogP contribution in [-0.4, -0.2) is 6.54 Å². The van der Waals surface area contributed by atoms with Gasteiger partial charge in [0.2, 0.25) is 0 Å². The Morgan fingerprint density at radius 2 is 2.09 bits per heavy atom. The summed E-state index contributed by atoms with van der Waals surface area (Å²) in [6.45, 7) is 0.391. The molecule has 0 aliphatic heterocycles. The molecule has 0 fully saturated rings. The highest BCUT2D eigenvalue weighted by atomic mass is 32.1. The molecule has 1 rings (SSSR count). The minimum absolute atomic E-state index is 0.391. The van der Waals surface area contributed by atoms with Crippen LogP contribution in [0.5, 0.6) is 0 Å². The van der Waals surface area contributed by atoms with Crippen LogP contribution < -0.4 is 5.73 Å². The van der Waals surface area contributed by atoms with Crippen molar-refractivity contribution in [1.29, 1.82) is 0 Å². The average molecular weight is 163 g/mol. The highest BCUT2D eigenvalue weighted by Crippen LogP contribution is 2.10. The molecule has 2 heteroatoms. The first-order valence-corrected chi connectivity index (χ1v) is 3.76. The van der Waals surface area contributed by atoms with Gasteiger partial charge in [0, 0.05) is 10.5 Å². The summed E-state index contributed by atoms with van der Waals surface area (Å²) in [5, 5.41) is 0. The molecule has 0 aliphatic carbocycles. The van der Waals surface area contributed by atoms with Crippen LogP contribution >= 0.6 is 12.6 Å². The normalized spacial score (nSPS) is 8.55. The first-order chi connectivity index (χ1) is 5.34. The third-order valence-electron chi connectivity index (χ3n) is 1.23. The predicted molar refractivity (Wildman–Crippen MR) is 49.6 cm³/mol. The monoisotopic (exact) mass is 163 g/mol. The van der Waals surface area contributed by atoms with Crippen molar-refractivity contribution in [3.8, 4) is 11.8 Å². The van der Waals surface area contributed by atoms with E-state index in [1.807, 2.05) is 24.3 Å². The second kappa shape index (κ2) is 4.07. The number of rotatable bonds is 0. The van der Waals surface area contributed by atoms with Gasteiger partial charge in [-0.25, -0.2) is 0 Å². The van der Waals surface area contributed by atoms with Crippen molar-refractivity contribution < 1.29 is 0 Å². The third kappa shape index (κ3) is 2.30. The largest absolute Gasteiger partial charge is 0.320 e. The second-order valence-electron chi connectivity index (χ2n) is 2.02. The maximum Gasteiger partial charge on any atom is 0.0555 e. The van der Waals surface area contributed by atoms with Gasteiger partial charge in [0.1, 0.15) is 0 Å². The van der Waals surface area contributed by atoms with E-state index >= 15 is 0 Å². The molecule has 0 saturated carbocycles. The Morgan fingerprint density at radius 1 is 1.36 bits per heavy atom. The first-order valence-electron chi connectivity index (χ1n) is 3.31. The lowest BCUT2D eigenvalue weighted by Crippen LogP contribution is -1.93. The molecule has 1 aromatic carbocycles. The number of thiol groups is 1. The van der Waals surface area contributed by atoms with Crippen molar-refractivity contribution in [2.45, 2.75) is 4.90 Å². The Bertz CT molecular complexity index is 296. The molecule has 0 aliphatic rings. The summed E-state index contributed by atoms with van der Waals surface area (Å²) in [5.74, 6) is 5.70. The van der Waals surface area contributed by atoms with Crippen LogP contribution in [0.3, 0.4) is 0 Å². The number of hydrogen-bond donors (Lipinski definition) is 2. The van der Waals surface area contributed by atoms with E-state index in [-0.39, 0.29) is 0 Å². The first kappa shape index (κ1) is 8.19. The van der Waals surface area contributed by atoms with E-state index in [1.165, 1.54) is 0 Å². The minimum Gasteiger partial charge on any atom is -0.320 e. The molecule has 56 valence electrons. The van der Waals surface area contributed by atoms with Gasteiger partial charge in [0.25, 0.3) is 0 Å². The van der Waals surface area contributed by atoms with Gasteiger partial charge < -0.3 is 5.73 Å². The lowest BCUT2D eigenvalue weighted by Gasteiger charge is -1.92. The molecule has 1 nitrogen and oxygen atoms in total. The Balaban J connectivity index is 2.95. The van der Waals surface area contributed by atoms with Gasteiger partial charge in [-0.1, -0.05) is 24.0 Å². The van der Waals surface area contributed by atoms with Crippen LogP contribution in [0.2, 0.25) is 0 Å². The summed E-state index contributed by atoms with van der Waals surface area (Å²) in [4.78, 5) is 0.897. The van der Waals surface area contributed by atoms with Crippen LogP contribution in [0.25, 0.3) is 0 Å². The molecule has 0 heterocycles. The van der Waals surface area contributed by atoms with Gasteiger partial charge in [0.15, 0.2) is 0 Å². The van der Waals surface area contributed by atoms with E-state index < -0.39 is 0 Å². The summed E-state index contributed by atoms with van der Waals surface area (Å²) >= 11 is 4.23. The lowest BCUT2D eigenvalue weighted by atomic mass is 10.2. The Kier molecular flexibility index (Phi) is 3.03. The van der Waals surface area contributed by atoms with Crippen molar-refractivity contribution in [3.63, 3.8) is 0 Å². The zero-order valence-corrected chi connectivity index (χ0v) is 6.94. The predicted octanol–water partition coefficient (Wildman–Crippen LogP) is 1.29. The minimum atomic E-state index is 0.391. The Labute approximate surface area is 72.0 Å². The summed E-state index contributed by atoms with van der Waals surface area (Å²) in [5.41, 5.74) is 6.16. The van der Waals surface area contributed by atoms with Crippen LogP contribution in [0.4, 0.5) is 0 Å². The second-order valence-corrected chi connectivity index (χ2v) is 2.50. The van der Waals surface area contributed by atoms with Crippen LogP contribution in [-0.2, 0) is 0 Å². The highest BCUT2D eigenvalue weighted by Gasteiger charge is 1.89. The number of hydrogen-bond acceptors (Lipinski definition) is 2. The van der Waals surface area contributed by atoms with Gasteiger partial charge in [-0.2, -0.15) is 0 Å². The molecule has 2 N–H and O–H groups in total. The molecule has 0 saturated heterocycles. The van der Waals surface area contributed by atoms with Gasteiger partial charge in [-0.05, 0) is 12.1 Å². The summed E-state index contributed by atoms with van der Waals surface area (Å²) in [7, 11) is 0. The molecule has 0 bridgehead atoms. The van der Waals surface area contributed by atoms with E-state index in [2.05, 4.69) is 24.5 Å². The van der Waals surface area contributed by atoms with E-state index in [0.29, 0.717) is 6.54 Å². The van der Waals surface area contributed by atoms with E-state index in [4.69, 9.17) is 5.73 Å². The highest BCUT2D eigenvalue weighted by molar-refractivity contribution is 7.80. The molecule has 0 radical (unpaired) electrons. The van der Waals surface area contributed by atoms with Gasteiger partial charge >= 0.3 is 0 Å². The standard InChI is InChI=1S/C9H9NS/c10-7-3-5-8-4-1-2-6-9(8)11/h1-2,4,6,11H,7,10H2. The maximum atomic E-state index is 5.23. The number of benzene rings is 1. The molecule has 0 spiro atoms. The summed E-state index contributed by atoms with van der Waals surface area (Å²) < 4.78 is 0. The maximum absolute atomic E-state index is 5.23. The van der Waals surface area contributed by atoms with E-state index in [0.717, 1.165) is 10.5 Å². The zero-order chi connectivity index (χ0) is 8.10. The summed E-state index contributed by atoms with van der Waals surface area (Å²) in [6, 6.07) is 7.69. The fourth-order valence-corrected chi connectivity index (χ4v) is 0.942. The number of nitrogens with two attached hydrogens (primary N) is 1. The molecular formula is C9H9NS. The third-order valence-corrected chi connectivity index (χ3v) is 1.62. The SMILES string of the molecule is NCC#Cc1ccccc1S. The quantitative estimate of drug-likeness (QED) is 0.437.